The monoisotopic (exact) mass is 478 g/mol. The molecule has 1 N–H and O–H groups in total. The zero-order chi connectivity index (χ0) is 22.5. The van der Waals surface area contributed by atoms with Crippen molar-refractivity contribution in [2.24, 2.45) is 5.92 Å². The van der Waals surface area contributed by atoms with Crippen molar-refractivity contribution >= 4 is 39.9 Å². The van der Waals surface area contributed by atoms with Gasteiger partial charge in [0, 0.05) is 42.0 Å². The molecule has 0 radical (unpaired) electrons. The highest BCUT2D eigenvalue weighted by Gasteiger charge is 2.31. The van der Waals surface area contributed by atoms with Crippen LogP contribution in [0.15, 0.2) is 35.0 Å². The Balaban J connectivity index is 1.42. The van der Waals surface area contributed by atoms with E-state index in [-0.39, 0.29) is 11.7 Å². The second-order valence-corrected chi connectivity index (χ2v) is 10.2. The Kier molecular flexibility index (Phi) is 7.80. The van der Waals surface area contributed by atoms with E-state index < -0.39 is 17.3 Å². The molecule has 2 heterocycles. The number of carbonyl (C=O) groups is 1. The van der Waals surface area contributed by atoms with Gasteiger partial charge in [0.05, 0.1) is 5.69 Å². The Labute approximate surface area is 195 Å². The number of hydrogen-bond donors (Lipinski definition) is 1. The molecule has 1 aromatic heterocycles. The minimum Gasteiger partial charge on any atom is -0.755 e. The number of fused-ring (bicyclic) bond motifs is 1. The topological polar surface area (TPSA) is 75.7 Å². The first-order valence-corrected chi connectivity index (χ1v) is 13.2. The van der Waals surface area contributed by atoms with Crippen LogP contribution < -0.4 is 14.5 Å². The molecule has 2 atom stereocenters. The van der Waals surface area contributed by atoms with Crippen LogP contribution in [0, 0.1) is 11.7 Å². The van der Waals surface area contributed by atoms with Crippen LogP contribution >= 0.6 is 11.3 Å². The summed E-state index contributed by atoms with van der Waals surface area (Å²) in [5.74, 6) is -0.141. The van der Waals surface area contributed by atoms with Crippen molar-refractivity contribution in [2.45, 2.75) is 51.0 Å². The Morgan fingerprint density at radius 3 is 2.84 bits per heavy atom. The van der Waals surface area contributed by atoms with E-state index in [0.717, 1.165) is 49.9 Å². The number of hydrogen-bond acceptors (Lipinski definition) is 5. The van der Waals surface area contributed by atoms with Gasteiger partial charge in [0.25, 0.3) is 0 Å². The quantitative estimate of drug-likeness (QED) is 0.553. The van der Waals surface area contributed by atoms with Gasteiger partial charge in [0.1, 0.15) is 11.9 Å². The highest BCUT2D eigenvalue weighted by molar-refractivity contribution is 7.80. The summed E-state index contributed by atoms with van der Waals surface area (Å²) in [4.78, 5) is 15.4. The van der Waals surface area contributed by atoms with Gasteiger partial charge in [-0.05, 0) is 54.0 Å². The molecule has 1 fully saturated rings. The van der Waals surface area contributed by atoms with Crippen LogP contribution in [0.25, 0.3) is 0 Å². The van der Waals surface area contributed by atoms with Gasteiger partial charge >= 0.3 is 0 Å². The molecule has 174 valence electrons. The maximum absolute atomic E-state index is 13.5. The smallest absolute Gasteiger partial charge is 0.243 e. The van der Waals surface area contributed by atoms with E-state index in [0.29, 0.717) is 31.1 Å². The second-order valence-electron chi connectivity index (χ2n) is 8.58. The van der Waals surface area contributed by atoms with Crippen molar-refractivity contribution in [3.05, 3.63) is 46.4 Å². The van der Waals surface area contributed by atoms with Crippen LogP contribution in [0.2, 0.25) is 0 Å². The summed E-state index contributed by atoms with van der Waals surface area (Å²) in [6.45, 7) is 1.78. The predicted molar refractivity (Wildman–Crippen MR) is 126 cm³/mol. The molecular formula is C23H29FN3O3S2-. The van der Waals surface area contributed by atoms with Gasteiger partial charge in [0.15, 0.2) is 0 Å². The van der Waals surface area contributed by atoms with Crippen molar-refractivity contribution in [3.63, 3.8) is 0 Å². The van der Waals surface area contributed by atoms with Gasteiger partial charge in [0.2, 0.25) is 5.91 Å². The molecule has 1 aliphatic carbocycles. The van der Waals surface area contributed by atoms with E-state index in [1.165, 1.54) is 28.1 Å². The number of nitrogens with zero attached hydrogens (tertiary/aromatic N) is 2. The fourth-order valence-electron chi connectivity index (χ4n) is 4.90. The third kappa shape index (κ3) is 5.50. The first-order chi connectivity index (χ1) is 15.5. The van der Waals surface area contributed by atoms with Crippen LogP contribution in [-0.4, -0.2) is 40.3 Å². The summed E-state index contributed by atoms with van der Waals surface area (Å²) >= 11 is -1.13. The Hall–Kier alpha value is -1.97. The summed E-state index contributed by atoms with van der Waals surface area (Å²) in [6.07, 6.45) is 6.85. The van der Waals surface area contributed by atoms with Gasteiger partial charge in [-0.15, -0.1) is 0 Å². The minimum atomic E-state index is -2.54. The summed E-state index contributed by atoms with van der Waals surface area (Å²) in [7, 11) is 0. The third-order valence-electron chi connectivity index (χ3n) is 6.50. The molecule has 0 bridgehead atoms. The van der Waals surface area contributed by atoms with Crippen LogP contribution in [-0.2, 0) is 22.5 Å². The number of anilines is 2. The molecule has 1 aliphatic heterocycles. The van der Waals surface area contributed by atoms with E-state index in [2.05, 4.69) is 10.2 Å². The largest absolute Gasteiger partial charge is 0.755 e. The van der Waals surface area contributed by atoms with E-state index in [1.54, 1.807) is 23.6 Å². The summed E-state index contributed by atoms with van der Waals surface area (Å²) in [6, 6.07) is 5.78. The van der Waals surface area contributed by atoms with Crippen molar-refractivity contribution in [1.82, 2.24) is 5.32 Å². The number of amides is 1. The standard InChI is InChI=1S/C23H30FN3O3S2/c24-19-6-7-21-18(15-19)8-11-26(21)12-10-25-23(28)22(14-17-4-2-1-3-5-17)27(32(29)30)20-9-13-31-16-20/h6-7,9,13,15-17,22H,1-5,8,10-12,14H2,(H,25,28)(H,29,30)/p-1. The first-order valence-electron chi connectivity index (χ1n) is 11.2. The van der Waals surface area contributed by atoms with Crippen molar-refractivity contribution in [2.75, 3.05) is 28.8 Å². The molecule has 4 rings (SSSR count). The fourth-order valence-corrected chi connectivity index (χ4v) is 6.27. The maximum atomic E-state index is 13.5. The lowest BCUT2D eigenvalue weighted by atomic mass is 9.84. The second kappa shape index (κ2) is 10.8. The predicted octanol–water partition coefficient (Wildman–Crippen LogP) is 4.01. The molecule has 2 aliphatic rings. The zero-order valence-electron chi connectivity index (χ0n) is 18.0. The van der Waals surface area contributed by atoms with Crippen LogP contribution in [0.1, 0.15) is 44.1 Å². The normalized spacial score (nSPS) is 18.2. The van der Waals surface area contributed by atoms with E-state index in [4.69, 9.17) is 0 Å². The van der Waals surface area contributed by atoms with Crippen molar-refractivity contribution < 1.29 is 17.9 Å². The van der Waals surface area contributed by atoms with E-state index in [9.17, 15) is 17.9 Å². The minimum absolute atomic E-state index is 0.233. The Bertz CT molecular complexity index is 935. The molecule has 6 nitrogen and oxygen atoms in total. The average Bonchev–Trinajstić information content (AvgIpc) is 3.44. The van der Waals surface area contributed by atoms with E-state index >= 15 is 0 Å². The molecular weight excluding hydrogens is 449 g/mol. The highest BCUT2D eigenvalue weighted by atomic mass is 32.2. The number of rotatable bonds is 9. The average molecular weight is 479 g/mol. The molecule has 0 spiro atoms. The highest BCUT2D eigenvalue weighted by Crippen LogP contribution is 2.32. The van der Waals surface area contributed by atoms with Gasteiger partial charge in [-0.25, -0.2) is 4.39 Å². The van der Waals surface area contributed by atoms with Gasteiger partial charge in [-0.3, -0.25) is 13.3 Å². The summed E-state index contributed by atoms with van der Waals surface area (Å²) in [5, 5.41) is 6.55. The van der Waals surface area contributed by atoms with Crippen LogP contribution in [0.5, 0.6) is 0 Å². The number of benzene rings is 1. The van der Waals surface area contributed by atoms with Crippen LogP contribution in [0.3, 0.4) is 0 Å². The number of nitrogens with one attached hydrogen (secondary N) is 1. The van der Waals surface area contributed by atoms with Gasteiger partial charge < -0.3 is 14.8 Å². The molecule has 32 heavy (non-hydrogen) atoms. The number of halogens is 1. The lowest BCUT2D eigenvalue weighted by Gasteiger charge is -2.36. The Morgan fingerprint density at radius 1 is 1.31 bits per heavy atom. The lowest BCUT2D eigenvalue weighted by Crippen LogP contribution is -2.50. The van der Waals surface area contributed by atoms with Crippen molar-refractivity contribution in [1.29, 1.82) is 0 Å². The molecule has 1 saturated carbocycles. The molecule has 1 amide bonds. The van der Waals surface area contributed by atoms with Gasteiger partial charge in [-0.1, -0.05) is 32.1 Å². The molecule has 0 saturated heterocycles. The molecule has 2 aromatic rings. The molecule has 1 aromatic carbocycles. The number of thiophene rings is 1. The summed E-state index contributed by atoms with van der Waals surface area (Å²) < 4.78 is 39.0. The third-order valence-corrected chi connectivity index (χ3v) is 7.96. The Morgan fingerprint density at radius 2 is 2.12 bits per heavy atom. The maximum Gasteiger partial charge on any atom is 0.243 e. The number of carbonyl (C=O) groups excluding carboxylic acids is 1. The lowest BCUT2D eigenvalue weighted by molar-refractivity contribution is -0.122. The van der Waals surface area contributed by atoms with Crippen molar-refractivity contribution in [3.8, 4) is 0 Å². The van der Waals surface area contributed by atoms with Crippen LogP contribution in [0.4, 0.5) is 15.8 Å². The molecule has 2 unspecified atom stereocenters. The first kappa shape index (κ1) is 23.2. The summed E-state index contributed by atoms with van der Waals surface area (Å²) in [5.41, 5.74) is 2.52. The van der Waals surface area contributed by atoms with E-state index in [1.807, 2.05) is 5.38 Å². The van der Waals surface area contributed by atoms with Gasteiger partial charge in [-0.2, -0.15) is 11.3 Å². The zero-order valence-corrected chi connectivity index (χ0v) is 19.6. The SMILES string of the molecule is O=C(NCCN1CCc2cc(F)ccc21)C(CC1CCCCC1)N(c1ccsc1)S(=O)[O-]. The molecule has 9 heteroatoms. The fraction of sp³-hybridized carbons (Fsp3) is 0.522.